The summed E-state index contributed by atoms with van der Waals surface area (Å²) in [5.74, 6) is -2.63. The number of nitrogens with two attached hydrogens (primary N) is 1. The van der Waals surface area contributed by atoms with Crippen LogP contribution in [0.15, 0.2) is 36.4 Å². The van der Waals surface area contributed by atoms with Gasteiger partial charge in [-0.1, -0.05) is 6.07 Å². The Morgan fingerprint density at radius 3 is 2.17 bits per heavy atom. The van der Waals surface area contributed by atoms with Crippen molar-refractivity contribution >= 4 is 17.9 Å². The van der Waals surface area contributed by atoms with Crippen LogP contribution in [0.3, 0.4) is 0 Å². The molecule has 0 saturated carbocycles. The summed E-state index contributed by atoms with van der Waals surface area (Å²) in [5.41, 5.74) is 4.88. The molecule has 8 nitrogen and oxygen atoms in total. The summed E-state index contributed by atoms with van der Waals surface area (Å²) in [6, 6.07) is 7.40. The molecule has 188 valence electrons. The number of rotatable bonds is 5. The zero-order valence-corrected chi connectivity index (χ0v) is 20.1. The summed E-state index contributed by atoms with van der Waals surface area (Å²) in [6.07, 6.45) is -1.16. The summed E-state index contributed by atoms with van der Waals surface area (Å²) in [6.45, 7) is 7.96. The van der Waals surface area contributed by atoms with Gasteiger partial charge in [-0.2, -0.15) is 0 Å². The van der Waals surface area contributed by atoms with Crippen LogP contribution in [0.5, 0.6) is 5.75 Å². The second-order valence-corrected chi connectivity index (χ2v) is 9.26. The number of primary amides is 1. The van der Waals surface area contributed by atoms with Gasteiger partial charge < -0.3 is 25.0 Å². The van der Waals surface area contributed by atoms with E-state index >= 15 is 0 Å². The van der Waals surface area contributed by atoms with E-state index in [1.807, 2.05) is 0 Å². The highest BCUT2D eigenvalue weighted by Gasteiger charge is 2.29. The Bertz CT molecular complexity index is 1120. The van der Waals surface area contributed by atoms with E-state index in [1.54, 1.807) is 27.7 Å². The van der Waals surface area contributed by atoms with Crippen molar-refractivity contribution in [1.82, 2.24) is 9.80 Å². The van der Waals surface area contributed by atoms with Crippen LogP contribution in [0.2, 0.25) is 0 Å². The Labute approximate surface area is 202 Å². The summed E-state index contributed by atoms with van der Waals surface area (Å²) in [4.78, 5) is 39.9. The van der Waals surface area contributed by atoms with Crippen LogP contribution < -0.4 is 10.5 Å². The highest BCUT2D eigenvalue weighted by atomic mass is 19.1. The van der Waals surface area contributed by atoms with Gasteiger partial charge in [-0.3, -0.25) is 9.59 Å². The van der Waals surface area contributed by atoms with Gasteiger partial charge in [0.2, 0.25) is 0 Å². The monoisotopic (exact) mass is 489 g/mol. The third-order valence-corrected chi connectivity index (χ3v) is 5.42. The van der Waals surface area contributed by atoms with Crippen molar-refractivity contribution in [2.75, 3.05) is 26.2 Å². The fourth-order valence-electron chi connectivity index (χ4n) is 3.60. The van der Waals surface area contributed by atoms with Crippen LogP contribution in [-0.2, 0) is 4.74 Å². The molecule has 2 aromatic rings. The first-order valence-electron chi connectivity index (χ1n) is 11.2. The zero-order valence-electron chi connectivity index (χ0n) is 20.1. The first-order chi connectivity index (χ1) is 16.4. The quantitative estimate of drug-likeness (QED) is 0.687. The lowest BCUT2D eigenvalue weighted by molar-refractivity contribution is 0.0140. The molecule has 10 heteroatoms. The minimum atomic E-state index is -0.854. The van der Waals surface area contributed by atoms with E-state index in [1.165, 1.54) is 34.1 Å². The lowest BCUT2D eigenvalue weighted by Crippen LogP contribution is -2.51. The summed E-state index contributed by atoms with van der Waals surface area (Å²) >= 11 is 0. The van der Waals surface area contributed by atoms with E-state index < -0.39 is 41.2 Å². The van der Waals surface area contributed by atoms with Gasteiger partial charge in [0, 0.05) is 26.2 Å². The smallest absolute Gasteiger partial charge is 0.410 e. The minimum absolute atomic E-state index is 0.0712. The van der Waals surface area contributed by atoms with Gasteiger partial charge in [-0.05, 0) is 63.6 Å². The molecule has 1 atom stereocenters. The molecule has 0 radical (unpaired) electrons. The summed E-state index contributed by atoms with van der Waals surface area (Å²) in [5, 5.41) is 0. The van der Waals surface area contributed by atoms with Crippen LogP contribution >= 0.6 is 0 Å². The molecular weight excluding hydrogens is 460 g/mol. The molecule has 1 saturated heterocycles. The number of amides is 3. The Hall–Kier alpha value is -3.69. The largest absolute Gasteiger partial charge is 0.485 e. The lowest BCUT2D eigenvalue weighted by Gasteiger charge is -2.35. The second-order valence-electron chi connectivity index (χ2n) is 9.26. The summed E-state index contributed by atoms with van der Waals surface area (Å²) in [7, 11) is 0. The van der Waals surface area contributed by atoms with Crippen molar-refractivity contribution in [1.29, 1.82) is 0 Å². The summed E-state index contributed by atoms with van der Waals surface area (Å²) < 4.78 is 39.2. The van der Waals surface area contributed by atoms with Crippen molar-refractivity contribution in [3.63, 3.8) is 0 Å². The predicted molar refractivity (Wildman–Crippen MR) is 124 cm³/mol. The number of ether oxygens (including phenoxy) is 2. The number of hydrogen-bond donors (Lipinski definition) is 1. The number of benzene rings is 2. The van der Waals surface area contributed by atoms with Gasteiger partial charge in [0.25, 0.3) is 11.8 Å². The second kappa shape index (κ2) is 10.3. The van der Waals surface area contributed by atoms with Crippen LogP contribution in [-0.4, -0.2) is 59.5 Å². The van der Waals surface area contributed by atoms with Gasteiger partial charge in [0.05, 0.1) is 11.1 Å². The van der Waals surface area contributed by atoms with E-state index in [2.05, 4.69) is 0 Å². The number of piperazine rings is 1. The molecule has 1 fully saturated rings. The van der Waals surface area contributed by atoms with Crippen molar-refractivity contribution in [3.8, 4) is 5.75 Å². The molecule has 1 unspecified atom stereocenters. The highest BCUT2D eigenvalue weighted by molar-refractivity contribution is 5.96. The van der Waals surface area contributed by atoms with Gasteiger partial charge in [-0.25, -0.2) is 13.6 Å². The Morgan fingerprint density at radius 2 is 1.57 bits per heavy atom. The molecule has 35 heavy (non-hydrogen) atoms. The maximum atomic E-state index is 14.6. The number of halogens is 2. The molecule has 2 N–H and O–H groups in total. The number of hydrogen-bond acceptors (Lipinski definition) is 5. The fourth-order valence-corrected chi connectivity index (χ4v) is 3.60. The molecular formula is C25H29F2N3O5. The van der Waals surface area contributed by atoms with E-state index in [-0.39, 0.29) is 43.1 Å². The maximum Gasteiger partial charge on any atom is 0.410 e. The molecule has 0 aromatic heterocycles. The molecule has 2 aromatic carbocycles. The average molecular weight is 490 g/mol. The first-order valence-corrected chi connectivity index (χ1v) is 11.2. The zero-order chi connectivity index (χ0) is 25.9. The van der Waals surface area contributed by atoms with Gasteiger partial charge in [0.15, 0.2) is 0 Å². The normalized spacial score (nSPS) is 14.9. The van der Waals surface area contributed by atoms with Crippen molar-refractivity contribution in [2.45, 2.75) is 39.4 Å². The van der Waals surface area contributed by atoms with Gasteiger partial charge in [0.1, 0.15) is 29.1 Å². The van der Waals surface area contributed by atoms with Crippen molar-refractivity contribution in [2.24, 2.45) is 5.73 Å². The van der Waals surface area contributed by atoms with Crippen LogP contribution in [0.1, 0.15) is 60.1 Å². The number of nitrogens with zero attached hydrogens (tertiary/aromatic N) is 2. The molecule has 1 heterocycles. The first kappa shape index (κ1) is 25.9. The highest BCUT2D eigenvalue weighted by Crippen LogP contribution is 2.27. The third kappa shape index (κ3) is 6.46. The van der Waals surface area contributed by atoms with Gasteiger partial charge in [-0.15, -0.1) is 0 Å². The van der Waals surface area contributed by atoms with Crippen LogP contribution in [0, 0.1) is 11.6 Å². The maximum absolute atomic E-state index is 14.6. The average Bonchev–Trinajstić information content (AvgIpc) is 2.79. The number of carbonyl (C=O) groups is 3. The number of carbonyl (C=O) groups excluding carboxylic acids is 3. The SMILES string of the molecule is CC(Oc1ccc(F)cc1C(N)=O)c1ccc(F)c(C(=O)N2CCN(C(=O)OC(C)(C)C)CC2)c1. The standard InChI is InChI=1S/C25H29F2N3O5/c1-15(34-21-8-6-17(26)14-19(21)22(28)31)16-5-7-20(27)18(13-16)23(32)29-9-11-30(12-10-29)24(33)35-25(2,3)4/h5-8,13-15H,9-12H2,1-4H3,(H2,28,31). The van der Waals surface area contributed by atoms with Crippen LogP contribution in [0.25, 0.3) is 0 Å². The third-order valence-electron chi connectivity index (χ3n) is 5.42. The Kier molecular flexibility index (Phi) is 7.62. The molecule has 3 amide bonds. The van der Waals surface area contributed by atoms with Gasteiger partial charge >= 0.3 is 6.09 Å². The minimum Gasteiger partial charge on any atom is -0.485 e. The molecule has 0 bridgehead atoms. The van der Waals surface area contributed by atoms with Crippen molar-refractivity contribution in [3.05, 3.63) is 64.7 Å². The molecule has 0 spiro atoms. The van der Waals surface area contributed by atoms with E-state index in [9.17, 15) is 23.2 Å². The van der Waals surface area contributed by atoms with E-state index in [0.29, 0.717) is 5.56 Å². The van der Waals surface area contributed by atoms with E-state index in [0.717, 1.165) is 12.1 Å². The fraction of sp³-hybridized carbons (Fsp3) is 0.400. The lowest BCUT2D eigenvalue weighted by atomic mass is 10.0. The molecule has 1 aliphatic rings. The molecule has 3 rings (SSSR count). The molecule has 0 aliphatic carbocycles. The molecule has 1 aliphatic heterocycles. The van der Waals surface area contributed by atoms with Crippen LogP contribution in [0.4, 0.5) is 13.6 Å². The van der Waals surface area contributed by atoms with E-state index in [4.69, 9.17) is 15.2 Å². The Morgan fingerprint density at radius 1 is 0.943 bits per heavy atom. The predicted octanol–water partition coefficient (Wildman–Crippen LogP) is 3.90. The Balaban J connectivity index is 1.71. The topological polar surface area (TPSA) is 102 Å². The van der Waals surface area contributed by atoms with Crippen molar-refractivity contribution < 1.29 is 32.6 Å².